The minimum Gasteiger partial charge on any atom is -0.356 e. The SMILES string of the molecule is CN=C(NCCCc1nnc2n1CCCCC2)NC1CCN(Cc2ccsc2)CC1.I. The van der Waals surface area contributed by atoms with E-state index in [9.17, 15) is 0 Å². The zero-order valence-electron chi connectivity index (χ0n) is 18.6. The molecule has 0 unspecified atom stereocenters. The lowest BCUT2D eigenvalue weighted by Crippen LogP contribution is -2.48. The lowest BCUT2D eigenvalue weighted by Gasteiger charge is -2.32. The van der Waals surface area contributed by atoms with Gasteiger partial charge in [0.05, 0.1) is 0 Å². The molecule has 172 valence electrons. The highest BCUT2D eigenvalue weighted by Crippen LogP contribution is 2.16. The summed E-state index contributed by atoms with van der Waals surface area (Å²) >= 11 is 1.78. The van der Waals surface area contributed by atoms with Crippen LogP contribution < -0.4 is 10.6 Å². The molecule has 0 saturated carbocycles. The Morgan fingerprint density at radius 2 is 2.06 bits per heavy atom. The number of fused-ring (bicyclic) bond motifs is 1. The van der Waals surface area contributed by atoms with E-state index in [0.29, 0.717) is 6.04 Å². The third kappa shape index (κ3) is 7.15. The molecule has 4 heterocycles. The molecule has 31 heavy (non-hydrogen) atoms. The molecule has 0 aromatic carbocycles. The first-order valence-corrected chi connectivity index (χ1v) is 12.4. The van der Waals surface area contributed by atoms with E-state index in [4.69, 9.17) is 0 Å². The van der Waals surface area contributed by atoms with Crippen LogP contribution in [0.3, 0.4) is 0 Å². The summed E-state index contributed by atoms with van der Waals surface area (Å²) in [6.45, 7) is 5.35. The molecule has 2 N–H and O–H groups in total. The van der Waals surface area contributed by atoms with Crippen LogP contribution in [0.25, 0.3) is 0 Å². The van der Waals surface area contributed by atoms with E-state index in [2.05, 4.69) is 52.1 Å². The average Bonchev–Trinajstić information content (AvgIpc) is 3.35. The molecule has 2 aliphatic rings. The minimum atomic E-state index is 0. The molecule has 2 aliphatic heterocycles. The average molecular weight is 558 g/mol. The van der Waals surface area contributed by atoms with Crippen molar-refractivity contribution >= 4 is 41.3 Å². The van der Waals surface area contributed by atoms with Crippen LogP contribution >= 0.6 is 35.3 Å². The third-order valence-electron chi connectivity index (χ3n) is 6.19. The lowest BCUT2D eigenvalue weighted by atomic mass is 10.0. The summed E-state index contributed by atoms with van der Waals surface area (Å²) in [7, 11) is 1.86. The minimum absolute atomic E-state index is 0. The molecule has 0 bridgehead atoms. The van der Waals surface area contributed by atoms with E-state index in [1.165, 1.54) is 30.7 Å². The van der Waals surface area contributed by atoms with Crippen molar-refractivity contribution in [3.63, 3.8) is 0 Å². The van der Waals surface area contributed by atoms with Crippen LogP contribution in [0.5, 0.6) is 0 Å². The van der Waals surface area contributed by atoms with Crippen LogP contribution in [0.4, 0.5) is 0 Å². The van der Waals surface area contributed by atoms with Crippen LogP contribution in [0.2, 0.25) is 0 Å². The number of guanidine groups is 1. The van der Waals surface area contributed by atoms with Crippen molar-refractivity contribution in [1.29, 1.82) is 0 Å². The summed E-state index contributed by atoms with van der Waals surface area (Å²) in [6, 6.07) is 2.74. The fraction of sp³-hybridized carbons (Fsp3) is 0.682. The first kappa shape index (κ1) is 24.4. The molecule has 0 atom stereocenters. The molecule has 0 aliphatic carbocycles. The fourth-order valence-corrected chi connectivity index (χ4v) is 5.11. The summed E-state index contributed by atoms with van der Waals surface area (Å²) < 4.78 is 2.35. The number of piperidine rings is 1. The highest BCUT2D eigenvalue weighted by molar-refractivity contribution is 14.0. The van der Waals surface area contributed by atoms with Crippen LogP contribution in [-0.4, -0.2) is 58.3 Å². The Morgan fingerprint density at radius 3 is 2.84 bits per heavy atom. The van der Waals surface area contributed by atoms with E-state index in [1.54, 1.807) is 11.3 Å². The van der Waals surface area contributed by atoms with Gasteiger partial charge in [-0.15, -0.1) is 34.2 Å². The second-order valence-corrected chi connectivity index (χ2v) is 9.20. The molecule has 1 saturated heterocycles. The first-order chi connectivity index (χ1) is 14.8. The molecule has 2 aromatic heterocycles. The number of rotatable bonds is 7. The van der Waals surface area contributed by atoms with Crippen LogP contribution in [0.15, 0.2) is 21.8 Å². The van der Waals surface area contributed by atoms with Gasteiger partial charge in [0.1, 0.15) is 11.6 Å². The molecular weight excluding hydrogens is 521 g/mol. The van der Waals surface area contributed by atoms with Gasteiger partial charge in [0.25, 0.3) is 0 Å². The highest BCUT2D eigenvalue weighted by Gasteiger charge is 2.20. The van der Waals surface area contributed by atoms with Crippen LogP contribution in [0, 0.1) is 0 Å². The van der Waals surface area contributed by atoms with Gasteiger partial charge in [-0.05, 0) is 54.5 Å². The van der Waals surface area contributed by atoms with Gasteiger partial charge in [0.15, 0.2) is 5.96 Å². The molecule has 9 heteroatoms. The Morgan fingerprint density at radius 1 is 1.19 bits per heavy atom. The second-order valence-electron chi connectivity index (χ2n) is 8.42. The lowest BCUT2D eigenvalue weighted by molar-refractivity contribution is 0.198. The number of aromatic nitrogens is 3. The van der Waals surface area contributed by atoms with Gasteiger partial charge in [-0.1, -0.05) is 6.42 Å². The zero-order chi connectivity index (χ0) is 20.6. The highest BCUT2D eigenvalue weighted by atomic mass is 127. The topological polar surface area (TPSA) is 70.4 Å². The zero-order valence-corrected chi connectivity index (χ0v) is 21.7. The quantitative estimate of drug-likeness (QED) is 0.236. The van der Waals surface area contributed by atoms with Crippen molar-refractivity contribution in [2.45, 2.75) is 70.5 Å². The Kier molecular flexibility index (Phi) is 10.0. The number of aryl methyl sites for hydroxylation is 2. The predicted octanol–water partition coefficient (Wildman–Crippen LogP) is 3.45. The van der Waals surface area contributed by atoms with E-state index >= 15 is 0 Å². The van der Waals surface area contributed by atoms with Crippen molar-refractivity contribution in [2.24, 2.45) is 4.99 Å². The van der Waals surface area contributed by atoms with Gasteiger partial charge in [-0.3, -0.25) is 9.89 Å². The standard InChI is InChI=1S/C22H35N7S.HI/c1-23-22(25-19-8-13-28(14-9-19)16-18-10-15-30-17-18)24-11-5-7-21-27-26-20-6-3-2-4-12-29(20)21;/h10,15,17,19H,2-9,11-14,16H2,1H3,(H2,23,24,25);1H. The van der Waals surface area contributed by atoms with Crippen molar-refractivity contribution in [3.8, 4) is 0 Å². The third-order valence-corrected chi connectivity index (χ3v) is 6.93. The van der Waals surface area contributed by atoms with Gasteiger partial charge >= 0.3 is 0 Å². The Bertz CT molecular complexity index is 797. The van der Waals surface area contributed by atoms with E-state index in [-0.39, 0.29) is 24.0 Å². The molecule has 7 nitrogen and oxygen atoms in total. The Labute approximate surface area is 207 Å². The van der Waals surface area contributed by atoms with Crippen LogP contribution in [-0.2, 0) is 25.9 Å². The number of hydrogen-bond donors (Lipinski definition) is 2. The largest absolute Gasteiger partial charge is 0.356 e. The second kappa shape index (κ2) is 12.7. The molecule has 0 radical (unpaired) electrons. The number of thiophene rings is 1. The Hall–Kier alpha value is -1.20. The van der Waals surface area contributed by atoms with Crippen molar-refractivity contribution in [1.82, 2.24) is 30.3 Å². The smallest absolute Gasteiger partial charge is 0.191 e. The van der Waals surface area contributed by atoms with Gasteiger partial charge in [-0.2, -0.15) is 11.3 Å². The maximum absolute atomic E-state index is 4.44. The molecule has 0 amide bonds. The van der Waals surface area contributed by atoms with Gasteiger partial charge in [0.2, 0.25) is 0 Å². The molecule has 2 aromatic rings. The normalized spacial score (nSPS) is 18.2. The van der Waals surface area contributed by atoms with Crippen LogP contribution in [0.1, 0.15) is 55.7 Å². The monoisotopic (exact) mass is 557 g/mol. The summed E-state index contributed by atoms with van der Waals surface area (Å²) in [4.78, 5) is 6.98. The number of hydrogen-bond acceptors (Lipinski definition) is 5. The number of nitrogens with zero attached hydrogens (tertiary/aromatic N) is 5. The van der Waals surface area contributed by atoms with Crippen molar-refractivity contribution in [3.05, 3.63) is 34.0 Å². The van der Waals surface area contributed by atoms with Gasteiger partial charge in [0, 0.05) is 58.7 Å². The summed E-state index contributed by atoms with van der Waals surface area (Å²) in [5.74, 6) is 3.25. The van der Waals surface area contributed by atoms with E-state index < -0.39 is 0 Å². The molecular formula is C22H36IN7S. The predicted molar refractivity (Wildman–Crippen MR) is 138 cm³/mol. The number of halogens is 1. The maximum Gasteiger partial charge on any atom is 0.191 e. The molecule has 4 rings (SSSR count). The Balaban J connectivity index is 0.00000272. The van der Waals surface area contributed by atoms with E-state index in [0.717, 1.165) is 76.6 Å². The molecule has 0 spiro atoms. The van der Waals surface area contributed by atoms with E-state index in [1.807, 2.05) is 7.05 Å². The first-order valence-electron chi connectivity index (χ1n) is 11.4. The summed E-state index contributed by atoms with van der Waals surface area (Å²) in [6.07, 6.45) is 9.21. The maximum atomic E-state index is 4.44. The molecule has 1 fully saturated rings. The number of nitrogens with one attached hydrogen (secondary N) is 2. The van der Waals surface area contributed by atoms with Gasteiger partial charge in [-0.25, -0.2) is 0 Å². The van der Waals surface area contributed by atoms with Gasteiger partial charge < -0.3 is 15.2 Å². The van der Waals surface area contributed by atoms with Crippen molar-refractivity contribution < 1.29 is 0 Å². The van der Waals surface area contributed by atoms with Crippen molar-refractivity contribution in [2.75, 3.05) is 26.7 Å². The fourth-order valence-electron chi connectivity index (χ4n) is 4.45. The summed E-state index contributed by atoms with van der Waals surface area (Å²) in [5.41, 5.74) is 1.44. The number of aliphatic imine (C=N–C) groups is 1. The number of likely N-dealkylation sites (tertiary alicyclic amines) is 1. The summed E-state index contributed by atoms with van der Waals surface area (Å²) in [5, 5.41) is 20.4.